The van der Waals surface area contributed by atoms with Gasteiger partial charge in [0.15, 0.2) is 0 Å². The summed E-state index contributed by atoms with van der Waals surface area (Å²) in [6.07, 6.45) is 1.80. The monoisotopic (exact) mass is 433 g/mol. The Morgan fingerprint density at radius 1 is 0.929 bits per heavy atom. The van der Waals surface area contributed by atoms with Gasteiger partial charge in [-0.2, -0.15) is 5.10 Å². The third kappa shape index (κ3) is 4.10. The average Bonchev–Trinajstić information content (AvgIpc) is 3.06. The first-order valence-electron chi connectivity index (χ1n) is 9.01. The maximum absolute atomic E-state index is 6.17. The van der Waals surface area contributed by atoms with Crippen LogP contribution in [0.4, 0.5) is 11.4 Å². The second-order valence-electron chi connectivity index (χ2n) is 6.44. The Morgan fingerprint density at radius 2 is 1.64 bits per heavy atom. The summed E-state index contributed by atoms with van der Waals surface area (Å²) < 4.78 is 8.95. The van der Waals surface area contributed by atoms with E-state index in [4.69, 9.17) is 4.74 Å². The Kier molecular flexibility index (Phi) is 5.44. The number of aromatic nitrogens is 2. The highest BCUT2D eigenvalue weighted by molar-refractivity contribution is 9.10. The van der Waals surface area contributed by atoms with Gasteiger partial charge in [-0.1, -0.05) is 48.5 Å². The number of nitrogens with one attached hydrogen (secondary N) is 1. The van der Waals surface area contributed by atoms with E-state index in [0.29, 0.717) is 6.61 Å². The second kappa shape index (κ2) is 8.31. The topological polar surface area (TPSA) is 39.1 Å². The van der Waals surface area contributed by atoms with Crippen molar-refractivity contribution >= 4 is 27.3 Å². The van der Waals surface area contributed by atoms with Crippen molar-refractivity contribution in [2.45, 2.75) is 6.61 Å². The van der Waals surface area contributed by atoms with Crippen LogP contribution in [0, 0.1) is 0 Å². The number of anilines is 2. The van der Waals surface area contributed by atoms with Crippen molar-refractivity contribution in [1.29, 1.82) is 0 Å². The van der Waals surface area contributed by atoms with E-state index < -0.39 is 0 Å². The van der Waals surface area contributed by atoms with Gasteiger partial charge in [0.2, 0.25) is 0 Å². The van der Waals surface area contributed by atoms with Crippen molar-refractivity contribution in [2.24, 2.45) is 7.05 Å². The van der Waals surface area contributed by atoms with Crippen LogP contribution < -0.4 is 10.1 Å². The molecule has 4 rings (SSSR count). The fourth-order valence-electron chi connectivity index (χ4n) is 3.06. The number of ether oxygens (including phenoxy) is 1. The zero-order valence-corrected chi connectivity index (χ0v) is 17.1. The van der Waals surface area contributed by atoms with E-state index in [9.17, 15) is 0 Å². The van der Waals surface area contributed by atoms with Gasteiger partial charge in [-0.15, -0.1) is 0 Å². The number of para-hydroxylation sites is 1. The number of hydrogen-bond acceptors (Lipinski definition) is 3. The molecule has 0 aliphatic rings. The maximum atomic E-state index is 6.17. The van der Waals surface area contributed by atoms with Crippen molar-refractivity contribution < 1.29 is 4.74 Å². The molecule has 0 saturated carbocycles. The Hall–Kier alpha value is -3.05. The summed E-state index contributed by atoms with van der Waals surface area (Å²) in [5.41, 5.74) is 5.10. The third-order valence-corrected chi connectivity index (χ3v) is 5.01. The highest BCUT2D eigenvalue weighted by atomic mass is 79.9. The molecular weight excluding hydrogens is 414 g/mol. The Labute approximate surface area is 172 Å². The summed E-state index contributed by atoms with van der Waals surface area (Å²) in [4.78, 5) is 0. The average molecular weight is 434 g/mol. The molecule has 0 fully saturated rings. The summed E-state index contributed by atoms with van der Waals surface area (Å²) >= 11 is 3.62. The quantitative estimate of drug-likeness (QED) is 0.394. The van der Waals surface area contributed by atoms with E-state index in [1.165, 1.54) is 0 Å². The molecule has 140 valence electrons. The van der Waals surface area contributed by atoms with Crippen LogP contribution in [-0.4, -0.2) is 9.78 Å². The third-order valence-electron chi connectivity index (χ3n) is 4.43. The minimum absolute atomic E-state index is 0.509. The van der Waals surface area contributed by atoms with Crippen LogP contribution in [0.5, 0.6) is 5.75 Å². The summed E-state index contributed by atoms with van der Waals surface area (Å²) in [5, 5.41) is 7.81. The highest BCUT2D eigenvalue weighted by Gasteiger charge is 2.15. The van der Waals surface area contributed by atoms with Gasteiger partial charge in [-0.25, -0.2) is 0 Å². The van der Waals surface area contributed by atoms with Gasteiger partial charge in [0, 0.05) is 24.0 Å². The lowest BCUT2D eigenvalue weighted by molar-refractivity contribution is 0.307. The number of aryl methyl sites for hydroxylation is 1. The van der Waals surface area contributed by atoms with Crippen molar-refractivity contribution in [1.82, 2.24) is 9.78 Å². The molecule has 1 aromatic heterocycles. The van der Waals surface area contributed by atoms with E-state index in [2.05, 4.69) is 44.5 Å². The van der Waals surface area contributed by atoms with Gasteiger partial charge in [0.1, 0.15) is 12.4 Å². The number of nitrogens with zero attached hydrogens (tertiary/aromatic N) is 2. The molecule has 0 bridgehead atoms. The summed E-state index contributed by atoms with van der Waals surface area (Å²) in [6, 6.07) is 26.4. The van der Waals surface area contributed by atoms with Crippen LogP contribution in [0.3, 0.4) is 0 Å². The van der Waals surface area contributed by atoms with Gasteiger partial charge in [0.25, 0.3) is 0 Å². The summed E-state index contributed by atoms with van der Waals surface area (Å²) in [6.45, 7) is 0.509. The van der Waals surface area contributed by atoms with Crippen LogP contribution in [-0.2, 0) is 13.7 Å². The van der Waals surface area contributed by atoms with E-state index in [0.717, 1.165) is 38.4 Å². The Bertz CT molecular complexity index is 1040. The fraction of sp³-hybridized carbons (Fsp3) is 0.0870. The normalized spacial score (nSPS) is 10.6. The van der Waals surface area contributed by atoms with Gasteiger partial charge < -0.3 is 10.1 Å². The molecule has 1 heterocycles. The maximum Gasteiger partial charge on any atom is 0.129 e. The minimum Gasteiger partial charge on any atom is -0.488 e. The lowest BCUT2D eigenvalue weighted by atomic mass is 10.1. The van der Waals surface area contributed by atoms with E-state index >= 15 is 0 Å². The Balaban J connectivity index is 1.68. The predicted octanol–water partition coefficient (Wildman–Crippen LogP) is 6.17. The molecule has 4 nitrogen and oxygen atoms in total. The highest BCUT2D eigenvalue weighted by Crippen LogP contribution is 2.37. The fourth-order valence-corrected chi connectivity index (χ4v) is 3.62. The number of halogens is 1. The van der Waals surface area contributed by atoms with Gasteiger partial charge in [0.05, 0.1) is 16.4 Å². The minimum atomic E-state index is 0.509. The molecule has 1 N–H and O–H groups in total. The number of hydrogen-bond donors (Lipinski definition) is 1. The molecule has 5 heteroatoms. The van der Waals surface area contributed by atoms with Crippen LogP contribution >= 0.6 is 15.9 Å². The predicted molar refractivity (Wildman–Crippen MR) is 117 cm³/mol. The largest absolute Gasteiger partial charge is 0.488 e. The molecule has 4 aromatic rings. The smallest absolute Gasteiger partial charge is 0.129 e. The molecule has 0 spiro atoms. The first-order chi connectivity index (χ1) is 13.7. The van der Waals surface area contributed by atoms with Crippen LogP contribution in [0.25, 0.3) is 11.3 Å². The molecule has 0 unspecified atom stereocenters. The van der Waals surface area contributed by atoms with E-state index in [1.807, 2.05) is 72.4 Å². The van der Waals surface area contributed by atoms with Crippen LogP contribution in [0.15, 0.2) is 89.5 Å². The molecule has 0 saturated heterocycles. The second-order valence-corrected chi connectivity index (χ2v) is 7.30. The first-order valence-corrected chi connectivity index (χ1v) is 9.81. The molecule has 0 radical (unpaired) electrons. The van der Waals surface area contributed by atoms with Crippen LogP contribution in [0.2, 0.25) is 0 Å². The number of rotatable bonds is 6. The van der Waals surface area contributed by atoms with Crippen molar-refractivity contribution in [3.05, 3.63) is 95.1 Å². The molecule has 0 atom stereocenters. The standard InChI is InChI=1S/C23H20BrN3O/c1-27-23(21(24)15-25-27)20-14-19(26-18-10-6-3-7-11-18)12-13-22(20)28-16-17-8-4-2-5-9-17/h2-15,26H,16H2,1H3. The van der Waals surface area contributed by atoms with Gasteiger partial charge in [-0.05, 0) is 51.8 Å². The molecular formula is C23H20BrN3O. The summed E-state index contributed by atoms with van der Waals surface area (Å²) in [7, 11) is 1.93. The Morgan fingerprint density at radius 3 is 2.32 bits per heavy atom. The molecule has 0 aliphatic carbocycles. The zero-order valence-electron chi connectivity index (χ0n) is 15.5. The summed E-state index contributed by atoms with van der Waals surface area (Å²) in [5.74, 6) is 0.812. The zero-order chi connectivity index (χ0) is 19.3. The molecule has 28 heavy (non-hydrogen) atoms. The van der Waals surface area contributed by atoms with Crippen molar-refractivity contribution in [3.8, 4) is 17.0 Å². The molecule has 0 amide bonds. The van der Waals surface area contributed by atoms with E-state index in [-0.39, 0.29) is 0 Å². The molecule has 0 aliphatic heterocycles. The van der Waals surface area contributed by atoms with Gasteiger partial charge in [-0.3, -0.25) is 4.68 Å². The first kappa shape index (κ1) is 18.3. The van der Waals surface area contributed by atoms with E-state index in [1.54, 1.807) is 6.20 Å². The van der Waals surface area contributed by atoms with Gasteiger partial charge >= 0.3 is 0 Å². The lowest BCUT2D eigenvalue weighted by Gasteiger charge is -2.15. The van der Waals surface area contributed by atoms with Crippen molar-refractivity contribution in [2.75, 3.05) is 5.32 Å². The molecule has 3 aromatic carbocycles. The number of benzene rings is 3. The SMILES string of the molecule is Cn1ncc(Br)c1-c1cc(Nc2ccccc2)ccc1OCc1ccccc1. The van der Waals surface area contributed by atoms with Crippen molar-refractivity contribution in [3.63, 3.8) is 0 Å². The lowest BCUT2D eigenvalue weighted by Crippen LogP contribution is -2.01. The van der Waals surface area contributed by atoms with Crippen LogP contribution in [0.1, 0.15) is 5.56 Å².